The maximum atomic E-state index is 12.2. The number of carbonyl (C=O) groups is 2. The Bertz CT molecular complexity index is 775. The van der Waals surface area contributed by atoms with Crippen molar-refractivity contribution < 1.29 is 14.7 Å². The number of aromatic nitrogens is 1. The van der Waals surface area contributed by atoms with E-state index in [0.29, 0.717) is 22.7 Å². The van der Waals surface area contributed by atoms with E-state index in [0.717, 1.165) is 16.9 Å². The zero-order chi connectivity index (χ0) is 17.0. The monoisotopic (exact) mass is 329 g/mol. The van der Waals surface area contributed by atoms with Crippen LogP contribution in [0, 0.1) is 18.3 Å². The molecule has 0 bridgehead atoms. The number of hydrogen-bond acceptors (Lipinski definition) is 5. The van der Waals surface area contributed by atoms with Gasteiger partial charge in [0.25, 0.3) is 5.91 Å². The fourth-order valence-electron chi connectivity index (χ4n) is 2.01. The molecule has 0 saturated carbocycles. The van der Waals surface area contributed by atoms with Gasteiger partial charge in [-0.25, -0.2) is 9.78 Å². The van der Waals surface area contributed by atoms with Gasteiger partial charge in [0.05, 0.1) is 24.2 Å². The second-order valence-corrected chi connectivity index (χ2v) is 6.03. The molecular formula is C16H15N3O3S. The Morgan fingerprint density at radius 2 is 2.04 bits per heavy atom. The van der Waals surface area contributed by atoms with Crippen LogP contribution in [-0.2, 0) is 6.42 Å². The number of nitrogens with one attached hydrogen (secondary N) is 1. The molecule has 0 radical (unpaired) electrons. The van der Waals surface area contributed by atoms with Gasteiger partial charge in [-0.3, -0.25) is 4.79 Å². The Hall–Kier alpha value is -2.72. The number of rotatable bonds is 5. The lowest BCUT2D eigenvalue weighted by molar-refractivity contribution is 0.0701. The summed E-state index contributed by atoms with van der Waals surface area (Å²) in [4.78, 5) is 27.6. The SMILES string of the molecule is Cc1nc(C(C)NC(=O)c2ccc(CC#N)cc2)sc1C(=O)O. The van der Waals surface area contributed by atoms with Crippen LogP contribution in [0.5, 0.6) is 0 Å². The third-order valence-corrected chi connectivity index (χ3v) is 4.55. The number of aromatic carboxylic acids is 1. The lowest BCUT2D eigenvalue weighted by Crippen LogP contribution is -2.26. The van der Waals surface area contributed by atoms with E-state index < -0.39 is 12.0 Å². The summed E-state index contributed by atoms with van der Waals surface area (Å²) in [6.07, 6.45) is 0.300. The molecule has 2 rings (SSSR count). The predicted molar refractivity (Wildman–Crippen MR) is 85.5 cm³/mol. The van der Waals surface area contributed by atoms with Gasteiger partial charge < -0.3 is 10.4 Å². The summed E-state index contributed by atoms with van der Waals surface area (Å²) in [7, 11) is 0. The number of amides is 1. The topological polar surface area (TPSA) is 103 Å². The Morgan fingerprint density at radius 3 is 2.57 bits per heavy atom. The van der Waals surface area contributed by atoms with Crippen molar-refractivity contribution in [2.45, 2.75) is 26.3 Å². The van der Waals surface area contributed by atoms with E-state index >= 15 is 0 Å². The second kappa shape index (κ2) is 7.03. The van der Waals surface area contributed by atoms with Gasteiger partial charge in [-0.05, 0) is 31.5 Å². The first kappa shape index (κ1) is 16.6. The minimum atomic E-state index is -1.02. The van der Waals surface area contributed by atoms with Gasteiger partial charge in [0, 0.05) is 5.56 Å². The number of aryl methyl sites for hydroxylation is 1. The minimum absolute atomic E-state index is 0.182. The highest BCUT2D eigenvalue weighted by molar-refractivity contribution is 7.13. The van der Waals surface area contributed by atoms with Crippen molar-refractivity contribution in [3.8, 4) is 6.07 Å². The average Bonchev–Trinajstić information content (AvgIpc) is 2.90. The largest absolute Gasteiger partial charge is 0.477 e. The van der Waals surface area contributed by atoms with Crippen molar-refractivity contribution in [1.82, 2.24) is 10.3 Å². The molecule has 0 aliphatic heterocycles. The highest BCUT2D eigenvalue weighted by atomic mass is 32.1. The Kier molecular flexibility index (Phi) is 5.09. The number of thiazole rings is 1. The number of hydrogen-bond donors (Lipinski definition) is 2. The summed E-state index contributed by atoms with van der Waals surface area (Å²) < 4.78 is 0. The molecule has 2 N–H and O–H groups in total. The summed E-state index contributed by atoms with van der Waals surface area (Å²) in [6, 6.07) is 8.44. The van der Waals surface area contributed by atoms with Gasteiger partial charge in [-0.15, -0.1) is 11.3 Å². The standard InChI is InChI=1S/C16H15N3O3S/c1-9-13(16(21)22)23-15(19-9)10(2)18-14(20)12-5-3-11(4-6-12)7-8-17/h3-6,10H,7H2,1-2H3,(H,18,20)(H,21,22). The Morgan fingerprint density at radius 1 is 1.39 bits per heavy atom. The highest BCUT2D eigenvalue weighted by Crippen LogP contribution is 2.23. The zero-order valence-electron chi connectivity index (χ0n) is 12.7. The summed E-state index contributed by atoms with van der Waals surface area (Å²) in [5.41, 5.74) is 1.77. The number of carboxylic acids is 1. The van der Waals surface area contributed by atoms with Crippen LogP contribution in [0.2, 0.25) is 0 Å². The fraction of sp³-hybridized carbons (Fsp3) is 0.250. The molecule has 6 nitrogen and oxygen atoms in total. The third-order valence-electron chi connectivity index (χ3n) is 3.22. The Balaban J connectivity index is 2.08. The molecule has 1 aromatic heterocycles. The minimum Gasteiger partial charge on any atom is -0.477 e. The molecule has 23 heavy (non-hydrogen) atoms. The summed E-state index contributed by atoms with van der Waals surface area (Å²) >= 11 is 1.06. The van der Waals surface area contributed by atoms with Gasteiger partial charge in [-0.2, -0.15) is 5.26 Å². The molecule has 0 aliphatic rings. The van der Waals surface area contributed by atoms with Crippen molar-refractivity contribution in [2.24, 2.45) is 0 Å². The first-order valence-corrected chi connectivity index (χ1v) is 7.71. The van der Waals surface area contributed by atoms with Crippen LogP contribution < -0.4 is 5.32 Å². The first-order valence-electron chi connectivity index (χ1n) is 6.89. The number of nitrogens with zero attached hydrogens (tertiary/aromatic N) is 2. The van der Waals surface area contributed by atoms with E-state index in [2.05, 4.69) is 10.3 Å². The van der Waals surface area contributed by atoms with Crippen molar-refractivity contribution in [3.05, 3.63) is 51.0 Å². The number of carboxylic acid groups (broad SMARTS) is 1. The van der Waals surface area contributed by atoms with Crippen LogP contribution in [0.15, 0.2) is 24.3 Å². The molecule has 2 aromatic rings. The van der Waals surface area contributed by atoms with Gasteiger partial charge in [0.2, 0.25) is 0 Å². The van der Waals surface area contributed by atoms with Crippen molar-refractivity contribution >= 4 is 23.2 Å². The van der Waals surface area contributed by atoms with Gasteiger partial charge in [0.1, 0.15) is 9.88 Å². The molecule has 0 fully saturated rings. The molecule has 1 aromatic carbocycles. The van der Waals surface area contributed by atoms with Gasteiger partial charge in [0.15, 0.2) is 0 Å². The molecule has 0 spiro atoms. The van der Waals surface area contributed by atoms with Crippen LogP contribution in [0.1, 0.15) is 49.3 Å². The fourth-order valence-corrected chi connectivity index (χ4v) is 2.92. The lowest BCUT2D eigenvalue weighted by atomic mass is 10.1. The average molecular weight is 329 g/mol. The normalized spacial score (nSPS) is 11.5. The van der Waals surface area contributed by atoms with Crippen LogP contribution >= 0.6 is 11.3 Å². The number of carbonyl (C=O) groups excluding carboxylic acids is 1. The molecule has 1 unspecified atom stereocenters. The summed E-state index contributed by atoms with van der Waals surface area (Å²) in [5, 5.41) is 21.0. The number of nitriles is 1. The predicted octanol–water partition coefficient (Wildman–Crippen LogP) is 2.71. The first-order chi connectivity index (χ1) is 10.9. The molecule has 1 heterocycles. The molecule has 7 heteroatoms. The van der Waals surface area contributed by atoms with E-state index in [-0.39, 0.29) is 10.8 Å². The van der Waals surface area contributed by atoms with Crippen LogP contribution in [-0.4, -0.2) is 22.0 Å². The molecule has 0 saturated heterocycles. The quantitative estimate of drug-likeness (QED) is 0.878. The molecular weight excluding hydrogens is 314 g/mol. The van der Waals surface area contributed by atoms with E-state index in [1.807, 2.05) is 6.07 Å². The van der Waals surface area contributed by atoms with Crippen molar-refractivity contribution in [3.63, 3.8) is 0 Å². The Labute approximate surface area is 137 Å². The molecule has 0 aliphatic carbocycles. The smallest absolute Gasteiger partial charge is 0.347 e. The third kappa shape index (κ3) is 3.93. The number of benzene rings is 1. The van der Waals surface area contributed by atoms with Crippen molar-refractivity contribution in [2.75, 3.05) is 0 Å². The lowest BCUT2D eigenvalue weighted by Gasteiger charge is -2.11. The van der Waals surface area contributed by atoms with Gasteiger partial charge >= 0.3 is 5.97 Å². The maximum Gasteiger partial charge on any atom is 0.347 e. The van der Waals surface area contributed by atoms with Crippen LogP contribution in [0.3, 0.4) is 0 Å². The van der Waals surface area contributed by atoms with E-state index in [1.165, 1.54) is 0 Å². The van der Waals surface area contributed by atoms with E-state index in [4.69, 9.17) is 10.4 Å². The molecule has 1 atom stereocenters. The van der Waals surface area contributed by atoms with Crippen LogP contribution in [0.4, 0.5) is 0 Å². The van der Waals surface area contributed by atoms with Gasteiger partial charge in [-0.1, -0.05) is 12.1 Å². The van der Waals surface area contributed by atoms with E-state index in [9.17, 15) is 9.59 Å². The zero-order valence-corrected chi connectivity index (χ0v) is 13.5. The summed E-state index contributed by atoms with van der Waals surface area (Å²) in [6.45, 7) is 3.39. The van der Waals surface area contributed by atoms with E-state index in [1.54, 1.807) is 38.1 Å². The highest BCUT2D eigenvalue weighted by Gasteiger charge is 2.19. The maximum absolute atomic E-state index is 12.2. The molecule has 118 valence electrons. The van der Waals surface area contributed by atoms with Crippen molar-refractivity contribution in [1.29, 1.82) is 5.26 Å². The molecule has 1 amide bonds. The second-order valence-electron chi connectivity index (χ2n) is 5.00. The van der Waals surface area contributed by atoms with Crippen LogP contribution in [0.25, 0.3) is 0 Å². The summed E-state index contributed by atoms with van der Waals surface area (Å²) in [5.74, 6) is -1.29.